The van der Waals surface area contributed by atoms with E-state index in [0.29, 0.717) is 16.7 Å². The molecular weight excluding hydrogens is 327 g/mol. The highest BCUT2D eigenvalue weighted by Gasteiger charge is 2.22. The monoisotopic (exact) mass is 342 g/mol. The number of amides is 1. The standard InChI is InChI=1S/C14H15ClN4O2.ClH/c15-11-3-1-2-9(6-11)13-18-12(21-19-13)8-17-14(20)10-4-5-16-7-10;/h1-3,6,10,16H,4-5,7-8H2,(H,17,20);1H. The van der Waals surface area contributed by atoms with Gasteiger partial charge in [0.25, 0.3) is 0 Å². The van der Waals surface area contributed by atoms with Crippen molar-refractivity contribution in [1.82, 2.24) is 20.8 Å². The van der Waals surface area contributed by atoms with Gasteiger partial charge in [-0.25, -0.2) is 0 Å². The van der Waals surface area contributed by atoms with Crippen molar-refractivity contribution in [3.05, 3.63) is 35.2 Å². The van der Waals surface area contributed by atoms with E-state index in [1.54, 1.807) is 12.1 Å². The Labute approximate surface area is 139 Å². The van der Waals surface area contributed by atoms with Crippen molar-refractivity contribution < 1.29 is 9.32 Å². The van der Waals surface area contributed by atoms with Gasteiger partial charge in [-0.3, -0.25) is 4.79 Å². The van der Waals surface area contributed by atoms with Gasteiger partial charge in [0.2, 0.25) is 17.6 Å². The van der Waals surface area contributed by atoms with Crippen LogP contribution in [0.4, 0.5) is 0 Å². The Morgan fingerprint density at radius 3 is 3.09 bits per heavy atom. The van der Waals surface area contributed by atoms with Gasteiger partial charge < -0.3 is 15.2 Å². The first-order valence-electron chi connectivity index (χ1n) is 6.79. The molecule has 0 saturated carbocycles. The molecule has 0 bridgehead atoms. The Bertz CT molecular complexity index is 641. The van der Waals surface area contributed by atoms with Crippen LogP contribution in [-0.4, -0.2) is 29.1 Å². The summed E-state index contributed by atoms with van der Waals surface area (Å²) in [5.41, 5.74) is 0.781. The van der Waals surface area contributed by atoms with Crippen molar-refractivity contribution in [3.8, 4) is 11.4 Å². The lowest BCUT2D eigenvalue weighted by Gasteiger charge is -2.07. The molecule has 1 unspecified atom stereocenters. The van der Waals surface area contributed by atoms with Gasteiger partial charge in [0, 0.05) is 17.1 Å². The topological polar surface area (TPSA) is 80.1 Å². The fourth-order valence-corrected chi connectivity index (χ4v) is 2.45. The second-order valence-corrected chi connectivity index (χ2v) is 5.37. The summed E-state index contributed by atoms with van der Waals surface area (Å²) in [6.07, 6.45) is 0.865. The maximum atomic E-state index is 11.9. The van der Waals surface area contributed by atoms with E-state index in [1.807, 2.05) is 12.1 Å². The summed E-state index contributed by atoms with van der Waals surface area (Å²) < 4.78 is 5.14. The maximum Gasteiger partial charge on any atom is 0.246 e. The molecule has 1 aliphatic heterocycles. The zero-order valence-corrected chi connectivity index (χ0v) is 13.3. The quantitative estimate of drug-likeness (QED) is 0.888. The smallest absolute Gasteiger partial charge is 0.246 e. The van der Waals surface area contributed by atoms with E-state index in [1.165, 1.54) is 0 Å². The van der Waals surface area contributed by atoms with Crippen LogP contribution in [0.15, 0.2) is 28.8 Å². The average Bonchev–Trinajstić information content (AvgIpc) is 3.16. The first kappa shape index (κ1) is 16.7. The van der Waals surface area contributed by atoms with Gasteiger partial charge in [-0.05, 0) is 25.1 Å². The first-order chi connectivity index (χ1) is 10.2. The minimum Gasteiger partial charge on any atom is -0.347 e. The maximum absolute atomic E-state index is 11.9. The summed E-state index contributed by atoms with van der Waals surface area (Å²) in [5.74, 6) is 0.886. The predicted molar refractivity (Wildman–Crippen MR) is 84.8 cm³/mol. The molecule has 8 heteroatoms. The van der Waals surface area contributed by atoms with E-state index in [0.717, 1.165) is 25.1 Å². The molecule has 22 heavy (non-hydrogen) atoms. The van der Waals surface area contributed by atoms with Crippen molar-refractivity contribution >= 4 is 29.9 Å². The summed E-state index contributed by atoms with van der Waals surface area (Å²) in [6.45, 7) is 1.85. The van der Waals surface area contributed by atoms with Crippen LogP contribution < -0.4 is 10.6 Å². The Balaban J connectivity index is 0.00000176. The van der Waals surface area contributed by atoms with E-state index < -0.39 is 0 Å². The molecule has 0 aliphatic carbocycles. The van der Waals surface area contributed by atoms with Gasteiger partial charge in [-0.2, -0.15) is 4.98 Å². The molecule has 6 nitrogen and oxygen atoms in total. The summed E-state index contributed by atoms with van der Waals surface area (Å²) in [7, 11) is 0. The fourth-order valence-electron chi connectivity index (χ4n) is 2.26. The first-order valence-corrected chi connectivity index (χ1v) is 7.17. The molecule has 3 rings (SSSR count). The van der Waals surface area contributed by atoms with Crippen LogP contribution in [-0.2, 0) is 11.3 Å². The third-order valence-electron chi connectivity index (χ3n) is 3.40. The lowest BCUT2D eigenvalue weighted by molar-refractivity contribution is -0.124. The number of halogens is 2. The van der Waals surface area contributed by atoms with Gasteiger partial charge in [0.1, 0.15) is 0 Å². The number of benzene rings is 1. The van der Waals surface area contributed by atoms with Crippen molar-refractivity contribution in [2.24, 2.45) is 5.92 Å². The van der Waals surface area contributed by atoms with Crippen molar-refractivity contribution in [3.63, 3.8) is 0 Å². The molecule has 1 aliphatic rings. The number of nitrogens with zero attached hydrogens (tertiary/aromatic N) is 2. The molecule has 2 aromatic rings. The van der Waals surface area contributed by atoms with Crippen LogP contribution in [0.3, 0.4) is 0 Å². The third kappa shape index (κ3) is 3.97. The van der Waals surface area contributed by atoms with Crippen molar-refractivity contribution in [2.75, 3.05) is 13.1 Å². The molecule has 1 aromatic heterocycles. The summed E-state index contributed by atoms with van der Waals surface area (Å²) in [6, 6.07) is 7.22. The summed E-state index contributed by atoms with van der Waals surface area (Å²) >= 11 is 5.93. The van der Waals surface area contributed by atoms with Crippen LogP contribution in [0.2, 0.25) is 5.02 Å². The number of aromatic nitrogens is 2. The average molecular weight is 343 g/mol. The second kappa shape index (κ2) is 7.58. The zero-order valence-electron chi connectivity index (χ0n) is 11.7. The molecule has 2 heterocycles. The van der Waals surface area contributed by atoms with E-state index in [2.05, 4.69) is 20.8 Å². The van der Waals surface area contributed by atoms with Crippen LogP contribution >= 0.6 is 24.0 Å². The van der Waals surface area contributed by atoms with Gasteiger partial charge in [-0.1, -0.05) is 28.9 Å². The van der Waals surface area contributed by atoms with E-state index >= 15 is 0 Å². The van der Waals surface area contributed by atoms with Crippen LogP contribution in [0.25, 0.3) is 11.4 Å². The lowest BCUT2D eigenvalue weighted by Crippen LogP contribution is -2.31. The largest absolute Gasteiger partial charge is 0.347 e. The Kier molecular flexibility index (Phi) is 5.76. The molecule has 1 amide bonds. The highest BCUT2D eigenvalue weighted by molar-refractivity contribution is 6.30. The highest BCUT2D eigenvalue weighted by atomic mass is 35.5. The molecule has 118 valence electrons. The molecular formula is C14H16Cl2N4O2. The lowest BCUT2D eigenvalue weighted by atomic mass is 10.1. The number of carbonyl (C=O) groups excluding carboxylic acids is 1. The number of rotatable bonds is 4. The number of nitrogens with one attached hydrogen (secondary N) is 2. The van der Waals surface area contributed by atoms with Crippen molar-refractivity contribution in [1.29, 1.82) is 0 Å². The molecule has 0 radical (unpaired) electrons. The van der Waals surface area contributed by atoms with Gasteiger partial charge >= 0.3 is 0 Å². The minimum absolute atomic E-state index is 0. The highest BCUT2D eigenvalue weighted by Crippen LogP contribution is 2.19. The molecule has 2 N–H and O–H groups in total. The molecule has 1 atom stereocenters. The molecule has 1 aromatic carbocycles. The van der Waals surface area contributed by atoms with Gasteiger partial charge in [0.05, 0.1) is 12.5 Å². The Hall–Kier alpha value is -1.63. The number of hydrogen-bond acceptors (Lipinski definition) is 5. The Morgan fingerprint density at radius 2 is 2.36 bits per heavy atom. The van der Waals surface area contributed by atoms with Crippen LogP contribution in [0.5, 0.6) is 0 Å². The number of carbonyl (C=O) groups is 1. The molecule has 1 saturated heterocycles. The normalized spacial score (nSPS) is 17.0. The molecule has 1 fully saturated rings. The number of hydrogen-bond donors (Lipinski definition) is 2. The summed E-state index contributed by atoms with van der Waals surface area (Å²) in [4.78, 5) is 16.1. The summed E-state index contributed by atoms with van der Waals surface area (Å²) in [5, 5.41) is 10.5. The third-order valence-corrected chi connectivity index (χ3v) is 3.63. The van der Waals surface area contributed by atoms with Crippen LogP contribution in [0, 0.1) is 5.92 Å². The minimum atomic E-state index is 0. The van der Waals surface area contributed by atoms with E-state index in [4.69, 9.17) is 16.1 Å². The van der Waals surface area contributed by atoms with Crippen molar-refractivity contribution in [2.45, 2.75) is 13.0 Å². The zero-order chi connectivity index (χ0) is 14.7. The second-order valence-electron chi connectivity index (χ2n) is 4.93. The van der Waals surface area contributed by atoms with Gasteiger partial charge in [-0.15, -0.1) is 12.4 Å². The van der Waals surface area contributed by atoms with Gasteiger partial charge in [0.15, 0.2) is 0 Å². The van der Waals surface area contributed by atoms with Crippen LogP contribution in [0.1, 0.15) is 12.3 Å². The van der Waals surface area contributed by atoms with E-state index in [9.17, 15) is 4.79 Å². The molecule has 0 spiro atoms. The SMILES string of the molecule is Cl.O=C(NCc1nc(-c2cccc(Cl)c2)no1)C1CCNC1. The predicted octanol–water partition coefficient (Wildman–Crippen LogP) is 2.04. The van der Waals surface area contributed by atoms with E-state index in [-0.39, 0.29) is 30.8 Å². The Morgan fingerprint density at radius 1 is 1.50 bits per heavy atom. The fraction of sp³-hybridized carbons (Fsp3) is 0.357.